The third kappa shape index (κ3) is 2.93. The maximum atomic E-state index is 10.8. The van der Waals surface area contributed by atoms with E-state index < -0.39 is 12.2 Å². The molecule has 8 nitrogen and oxygen atoms in total. The smallest absolute Gasteiger partial charge is 0.145 e. The third-order valence-electron chi connectivity index (χ3n) is 7.39. The highest BCUT2D eigenvalue weighted by molar-refractivity contribution is 5.92. The van der Waals surface area contributed by atoms with E-state index in [-0.39, 0.29) is 12.0 Å². The van der Waals surface area contributed by atoms with Gasteiger partial charge in [0.2, 0.25) is 0 Å². The number of anilines is 1. The van der Waals surface area contributed by atoms with E-state index in [9.17, 15) is 10.2 Å². The molecule has 1 aliphatic heterocycles. The summed E-state index contributed by atoms with van der Waals surface area (Å²) in [5.41, 5.74) is 16.2. The second-order valence-corrected chi connectivity index (χ2v) is 9.18. The number of fused-ring (bicyclic) bond motifs is 4. The number of aryl methyl sites for hydroxylation is 1. The number of nitrogen functional groups attached to an aromatic ring is 1. The fourth-order valence-electron chi connectivity index (χ4n) is 5.52. The van der Waals surface area contributed by atoms with Crippen LogP contribution in [0.4, 0.5) is 11.5 Å². The summed E-state index contributed by atoms with van der Waals surface area (Å²) in [5, 5.41) is 22.3. The number of aromatic nitrogens is 3. The van der Waals surface area contributed by atoms with Gasteiger partial charge in [-0.1, -0.05) is 12.1 Å². The number of benzene rings is 1. The van der Waals surface area contributed by atoms with E-state index in [1.54, 1.807) is 0 Å². The van der Waals surface area contributed by atoms with E-state index in [1.807, 2.05) is 16.8 Å². The van der Waals surface area contributed by atoms with Gasteiger partial charge in [0.1, 0.15) is 29.7 Å². The summed E-state index contributed by atoms with van der Waals surface area (Å²) in [7, 11) is 0. The zero-order valence-electron chi connectivity index (χ0n) is 17.1. The van der Waals surface area contributed by atoms with Crippen molar-refractivity contribution in [2.45, 2.75) is 49.9 Å². The highest BCUT2D eigenvalue weighted by atomic mass is 16.3. The number of nitrogens with two attached hydrogens (primary N) is 2. The van der Waals surface area contributed by atoms with E-state index >= 15 is 0 Å². The molecule has 0 saturated heterocycles. The molecule has 3 aromatic rings. The molecule has 6 atom stereocenters. The molecule has 2 saturated carbocycles. The van der Waals surface area contributed by atoms with Crippen molar-refractivity contribution in [2.24, 2.45) is 22.6 Å². The van der Waals surface area contributed by atoms with E-state index in [4.69, 9.17) is 11.5 Å². The van der Waals surface area contributed by atoms with Gasteiger partial charge in [-0.25, -0.2) is 15.0 Å². The lowest BCUT2D eigenvalue weighted by atomic mass is 9.94. The molecule has 3 heterocycles. The van der Waals surface area contributed by atoms with Gasteiger partial charge in [0.25, 0.3) is 0 Å². The van der Waals surface area contributed by atoms with Gasteiger partial charge in [0, 0.05) is 12.1 Å². The number of hydrogen-bond donors (Lipinski definition) is 4. The average Bonchev–Trinajstić information content (AvgIpc) is 3.39. The van der Waals surface area contributed by atoms with Crippen molar-refractivity contribution in [1.29, 1.82) is 0 Å². The lowest BCUT2D eigenvalue weighted by Gasteiger charge is -2.19. The number of aliphatic hydroxyl groups is 2. The van der Waals surface area contributed by atoms with Crippen LogP contribution in [0, 0.1) is 11.8 Å². The Bertz CT molecular complexity index is 1200. The molecule has 31 heavy (non-hydrogen) atoms. The molecule has 3 aliphatic rings. The Morgan fingerprint density at radius 3 is 2.77 bits per heavy atom. The van der Waals surface area contributed by atoms with Gasteiger partial charge in [-0.3, -0.25) is 0 Å². The minimum atomic E-state index is -0.850. The first-order chi connectivity index (χ1) is 15.0. The van der Waals surface area contributed by atoms with E-state index in [0.717, 1.165) is 36.2 Å². The topological polar surface area (TPSA) is 136 Å². The summed E-state index contributed by atoms with van der Waals surface area (Å²) in [6.45, 7) is 0. The fourth-order valence-corrected chi connectivity index (χ4v) is 5.52. The Morgan fingerprint density at radius 2 is 1.90 bits per heavy atom. The standard InChI is InChI=1S/C23H26N6O2/c24-21-14-5-6-29(23(14)27-10-26-21)18-8-12(19(30)20(18)31)3-1-11-2-4-13-15-9-16(15)22(25)28-17(13)7-11/h2,4-7,10,12,15-16,18-20,30-31H,1,3,8-9H2,(H2,25,28)(H2,24,26,27)/t12-,15-,16-,18+,19+,20-/m0/s1. The summed E-state index contributed by atoms with van der Waals surface area (Å²) >= 11 is 0. The molecule has 0 radical (unpaired) electrons. The molecule has 0 bridgehead atoms. The Labute approximate surface area is 179 Å². The molecule has 160 valence electrons. The average molecular weight is 419 g/mol. The van der Waals surface area contributed by atoms with Gasteiger partial charge in [0.05, 0.1) is 23.2 Å². The van der Waals surface area contributed by atoms with Crippen LogP contribution in [-0.4, -0.2) is 42.8 Å². The molecule has 8 heteroatoms. The first kappa shape index (κ1) is 18.8. The number of aliphatic hydroxyl groups excluding tert-OH is 2. The summed E-state index contributed by atoms with van der Waals surface area (Å²) in [6, 6.07) is 8.10. The Balaban J connectivity index is 1.19. The van der Waals surface area contributed by atoms with Crippen molar-refractivity contribution in [2.75, 3.05) is 5.73 Å². The molecular formula is C23H26N6O2. The molecule has 1 aromatic carbocycles. The number of amidine groups is 1. The Hall–Kier alpha value is -2.97. The zero-order valence-corrected chi connectivity index (χ0v) is 17.1. The molecule has 0 unspecified atom stereocenters. The van der Waals surface area contributed by atoms with Crippen molar-refractivity contribution in [3.8, 4) is 0 Å². The van der Waals surface area contributed by atoms with Gasteiger partial charge in [-0.05, 0) is 60.8 Å². The first-order valence-corrected chi connectivity index (χ1v) is 10.9. The van der Waals surface area contributed by atoms with Crippen molar-refractivity contribution in [3.05, 3.63) is 47.9 Å². The summed E-state index contributed by atoms with van der Waals surface area (Å²) in [5.74, 6) is 2.16. The van der Waals surface area contributed by atoms with Crippen LogP contribution in [0.3, 0.4) is 0 Å². The third-order valence-corrected chi connectivity index (χ3v) is 7.39. The van der Waals surface area contributed by atoms with Gasteiger partial charge < -0.3 is 26.2 Å². The monoisotopic (exact) mass is 418 g/mol. The van der Waals surface area contributed by atoms with Crippen LogP contribution in [-0.2, 0) is 6.42 Å². The molecule has 2 aromatic heterocycles. The highest BCUT2D eigenvalue weighted by Crippen LogP contribution is 2.53. The van der Waals surface area contributed by atoms with E-state index in [1.165, 1.54) is 17.5 Å². The molecule has 2 aliphatic carbocycles. The zero-order chi connectivity index (χ0) is 21.3. The first-order valence-electron chi connectivity index (χ1n) is 10.9. The van der Waals surface area contributed by atoms with Crippen LogP contribution in [0.25, 0.3) is 11.0 Å². The predicted octanol–water partition coefficient (Wildman–Crippen LogP) is 2.03. The van der Waals surface area contributed by atoms with Gasteiger partial charge in [0.15, 0.2) is 0 Å². The number of hydrogen-bond acceptors (Lipinski definition) is 7. The van der Waals surface area contributed by atoms with Crippen molar-refractivity contribution in [1.82, 2.24) is 14.5 Å². The second-order valence-electron chi connectivity index (χ2n) is 9.18. The molecule has 2 fully saturated rings. The predicted molar refractivity (Wildman–Crippen MR) is 118 cm³/mol. The lowest BCUT2D eigenvalue weighted by Crippen LogP contribution is -2.29. The summed E-state index contributed by atoms with van der Waals surface area (Å²) in [6.07, 6.45) is 5.06. The van der Waals surface area contributed by atoms with E-state index in [0.29, 0.717) is 29.7 Å². The number of nitrogens with zero attached hydrogens (tertiary/aromatic N) is 4. The Kier molecular flexibility index (Phi) is 4.10. The number of rotatable bonds is 4. The van der Waals surface area contributed by atoms with Gasteiger partial charge in [-0.2, -0.15) is 0 Å². The molecule has 0 spiro atoms. The van der Waals surface area contributed by atoms with Crippen LogP contribution in [0.1, 0.15) is 42.3 Å². The molecule has 6 N–H and O–H groups in total. The maximum absolute atomic E-state index is 10.8. The Morgan fingerprint density at radius 1 is 1.03 bits per heavy atom. The molecular weight excluding hydrogens is 392 g/mol. The van der Waals surface area contributed by atoms with Crippen LogP contribution < -0.4 is 11.5 Å². The largest absolute Gasteiger partial charge is 0.390 e. The quantitative estimate of drug-likeness (QED) is 0.512. The second kappa shape index (κ2) is 6.77. The van der Waals surface area contributed by atoms with Gasteiger partial charge in [-0.15, -0.1) is 0 Å². The van der Waals surface area contributed by atoms with Crippen LogP contribution in [0.5, 0.6) is 0 Å². The lowest BCUT2D eigenvalue weighted by molar-refractivity contribution is 0.00545. The minimum Gasteiger partial charge on any atom is -0.390 e. The van der Waals surface area contributed by atoms with Crippen molar-refractivity contribution in [3.63, 3.8) is 0 Å². The summed E-state index contributed by atoms with van der Waals surface area (Å²) in [4.78, 5) is 13.0. The van der Waals surface area contributed by atoms with Crippen LogP contribution in [0.2, 0.25) is 0 Å². The maximum Gasteiger partial charge on any atom is 0.145 e. The number of aliphatic imine (C=N–C) groups is 1. The molecule has 6 rings (SSSR count). The normalized spacial score (nSPS) is 31.4. The van der Waals surface area contributed by atoms with Crippen molar-refractivity contribution >= 4 is 28.4 Å². The summed E-state index contributed by atoms with van der Waals surface area (Å²) < 4.78 is 1.92. The van der Waals surface area contributed by atoms with E-state index in [2.05, 4.69) is 33.2 Å². The fraction of sp³-hybridized carbons (Fsp3) is 0.435. The van der Waals surface area contributed by atoms with Crippen LogP contribution >= 0.6 is 0 Å². The van der Waals surface area contributed by atoms with Crippen LogP contribution in [0.15, 0.2) is 41.8 Å². The highest BCUT2D eigenvalue weighted by Gasteiger charge is 2.45. The molecule has 0 amide bonds. The van der Waals surface area contributed by atoms with Gasteiger partial charge >= 0.3 is 0 Å². The minimum absolute atomic E-state index is 0.00551. The van der Waals surface area contributed by atoms with Crippen molar-refractivity contribution < 1.29 is 10.2 Å². The SMILES string of the molecule is NC1=Nc2cc(CC[C@H]3C[C@@H](n4ccc5c(N)ncnc54)[C@H](O)[C@@H]3O)ccc2[C@@H]2C[C@H]12.